The third kappa shape index (κ3) is 3.63. The maximum atomic E-state index is 4.88. The van der Waals surface area contributed by atoms with E-state index in [9.17, 15) is 0 Å². The monoisotopic (exact) mass is 408 g/mol. The number of aliphatic imine (C=N–C) groups is 1. The highest BCUT2D eigenvalue weighted by Gasteiger charge is 2.33. The Morgan fingerprint density at radius 1 is 1.21 bits per heavy atom. The third-order valence-electron chi connectivity index (χ3n) is 5.50. The number of thiazole rings is 1. The normalized spacial score (nSPS) is 20.2. The molecule has 0 unspecified atom stereocenters. The summed E-state index contributed by atoms with van der Waals surface area (Å²) in [6.45, 7) is 4.17. The van der Waals surface area contributed by atoms with Gasteiger partial charge in [0.1, 0.15) is 0 Å². The number of thioether (sulfide) groups is 1. The van der Waals surface area contributed by atoms with Crippen molar-refractivity contribution in [1.82, 2.24) is 9.88 Å². The molecular weight excluding hydrogens is 384 g/mol. The summed E-state index contributed by atoms with van der Waals surface area (Å²) >= 11 is 3.63. The van der Waals surface area contributed by atoms with Gasteiger partial charge in [-0.05, 0) is 55.5 Å². The number of nitrogens with one attached hydrogen (secondary N) is 1. The fourth-order valence-electron chi connectivity index (χ4n) is 3.93. The van der Waals surface area contributed by atoms with Crippen LogP contribution in [0.4, 0.5) is 10.8 Å². The second-order valence-corrected chi connectivity index (χ2v) is 9.50. The van der Waals surface area contributed by atoms with Crippen LogP contribution in [0.2, 0.25) is 0 Å². The highest BCUT2D eigenvalue weighted by Crippen LogP contribution is 2.33. The van der Waals surface area contributed by atoms with Crippen LogP contribution in [0.15, 0.2) is 47.5 Å². The molecule has 1 N–H and O–H groups in total. The summed E-state index contributed by atoms with van der Waals surface area (Å²) < 4.78 is 1.25. The number of hydrogen-bond donors (Lipinski definition) is 1. The molecule has 5 rings (SSSR count). The summed E-state index contributed by atoms with van der Waals surface area (Å²) in [5.74, 6) is 1.20. The molecule has 2 fully saturated rings. The second kappa shape index (κ2) is 7.76. The summed E-state index contributed by atoms with van der Waals surface area (Å²) in [4.78, 5) is 12.1. The van der Waals surface area contributed by atoms with E-state index in [0.29, 0.717) is 0 Å². The number of rotatable bonds is 5. The molecule has 0 aliphatic carbocycles. The van der Waals surface area contributed by atoms with Gasteiger partial charge in [0, 0.05) is 24.9 Å². The Hall–Kier alpha value is -2.05. The number of nitrogens with zero attached hydrogens (tertiary/aromatic N) is 3. The van der Waals surface area contributed by atoms with Crippen molar-refractivity contribution in [2.45, 2.75) is 32.2 Å². The zero-order valence-corrected chi connectivity index (χ0v) is 17.7. The van der Waals surface area contributed by atoms with E-state index in [-0.39, 0.29) is 0 Å². The van der Waals surface area contributed by atoms with Crippen LogP contribution < -0.4 is 5.32 Å². The van der Waals surface area contributed by atoms with Gasteiger partial charge in [0.25, 0.3) is 0 Å². The van der Waals surface area contributed by atoms with E-state index in [1.165, 1.54) is 46.1 Å². The molecule has 4 nitrogen and oxygen atoms in total. The molecule has 3 aromatic rings. The molecule has 6 heteroatoms. The van der Waals surface area contributed by atoms with E-state index < -0.39 is 0 Å². The van der Waals surface area contributed by atoms with Crippen molar-refractivity contribution >= 4 is 49.3 Å². The average molecular weight is 409 g/mol. The van der Waals surface area contributed by atoms with Gasteiger partial charge in [-0.25, -0.2) is 9.98 Å². The first-order valence-corrected chi connectivity index (χ1v) is 11.7. The van der Waals surface area contributed by atoms with Gasteiger partial charge < -0.3 is 10.2 Å². The number of hydrogen-bond acceptors (Lipinski definition) is 5. The molecule has 2 aliphatic heterocycles. The summed E-state index contributed by atoms with van der Waals surface area (Å²) in [6, 6.07) is 15.8. The minimum atomic E-state index is 0.723. The predicted octanol–water partition coefficient (Wildman–Crippen LogP) is 5.46. The summed E-state index contributed by atoms with van der Waals surface area (Å²) in [6.07, 6.45) is 3.62. The molecule has 1 atom stereocenters. The van der Waals surface area contributed by atoms with Crippen molar-refractivity contribution < 1.29 is 0 Å². The lowest BCUT2D eigenvalue weighted by Gasteiger charge is -2.16. The highest BCUT2D eigenvalue weighted by atomic mass is 32.2. The van der Waals surface area contributed by atoms with Crippen LogP contribution in [0.5, 0.6) is 0 Å². The summed E-state index contributed by atoms with van der Waals surface area (Å²) in [5.41, 5.74) is 4.74. The lowest BCUT2D eigenvalue weighted by atomic mass is 10.1. The van der Waals surface area contributed by atoms with Gasteiger partial charge in [-0.15, -0.1) is 0 Å². The van der Waals surface area contributed by atoms with Gasteiger partial charge in [0.2, 0.25) is 0 Å². The number of aromatic nitrogens is 1. The molecule has 2 aliphatic rings. The fourth-order valence-corrected chi connectivity index (χ4v) is 6.17. The van der Waals surface area contributed by atoms with Gasteiger partial charge in [0.15, 0.2) is 10.3 Å². The maximum Gasteiger partial charge on any atom is 0.183 e. The number of amidine groups is 1. The highest BCUT2D eigenvalue weighted by molar-refractivity contribution is 8.14. The number of para-hydroxylation sites is 1. The van der Waals surface area contributed by atoms with Crippen molar-refractivity contribution in [2.24, 2.45) is 4.99 Å². The standard InChI is InChI=1S/C22H24N4S2/c1-15-4-2-6-19-20(15)25-21(28-19)23-12-11-16-7-9-17(10-8-16)24-22-26-13-3-5-18(26)14-27-22/h2,4,6-10,18H,3,5,11-14H2,1H3,(H,23,25)/b24-22-/t18-/m0/s1. The maximum absolute atomic E-state index is 4.88. The van der Waals surface area contributed by atoms with Gasteiger partial charge in [-0.2, -0.15) is 0 Å². The predicted molar refractivity (Wildman–Crippen MR) is 122 cm³/mol. The Labute approximate surface area is 174 Å². The molecule has 0 radical (unpaired) electrons. The van der Waals surface area contributed by atoms with Crippen LogP contribution in [0.3, 0.4) is 0 Å². The smallest absolute Gasteiger partial charge is 0.183 e. The minimum Gasteiger partial charge on any atom is -0.361 e. The van der Waals surface area contributed by atoms with Crippen molar-refractivity contribution in [3.8, 4) is 0 Å². The first-order valence-electron chi connectivity index (χ1n) is 9.93. The molecule has 3 heterocycles. The van der Waals surface area contributed by atoms with Crippen LogP contribution in [0.1, 0.15) is 24.0 Å². The Morgan fingerprint density at radius 2 is 2.11 bits per heavy atom. The van der Waals surface area contributed by atoms with Crippen molar-refractivity contribution in [1.29, 1.82) is 0 Å². The molecule has 1 aromatic heterocycles. The second-order valence-electron chi connectivity index (χ2n) is 7.48. The number of benzene rings is 2. The quantitative estimate of drug-likeness (QED) is 0.609. The molecule has 144 valence electrons. The molecule has 2 aromatic carbocycles. The van der Waals surface area contributed by atoms with Gasteiger partial charge in [0.05, 0.1) is 15.9 Å². The van der Waals surface area contributed by atoms with E-state index in [0.717, 1.165) is 35.3 Å². The lowest BCUT2D eigenvalue weighted by Crippen LogP contribution is -2.27. The van der Waals surface area contributed by atoms with E-state index in [4.69, 9.17) is 9.98 Å². The van der Waals surface area contributed by atoms with Crippen LogP contribution in [-0.2, 0) is 6.42 Å². The van der Waals surface area contributed by atoms with E-state index in [1.54, 1.807) is 11.3 Å². The Morgan fingerprint density at radius 3 is 2.96 bits per heavy atom. The molecule has 2 saturated heterocycles. The molecular formula is C22H24N4S2. The number of fused-ring (bicyclic) bond motifs is 2. The number of aryl methyl sites for hydroxylation is 1. The summed E-state index contributed by atoms with van der Waals surface area (Å²) in [5, 5.41) is 5.69. The van der Waals surface area contributed by atoms with Crippen LogP contribution >= 0.6 is 23.1 Å². The van der Waals surface area contributed by atoms with E-state index in [2.05, 4.69) is 59.6 Å². The van der Waals surface area contributed by atoms with Crippen molar-refractivity contribution in [2.75, 3.05) is 24.2 Å². The lowest BCUT2D eigenvalue weighted by molar-refractivity contribution is 0.440. The minimum absolute atomic E-state index is 0.723. The SMILES string of the molecule is Cc1cccc2sc(NCCc3ccc(/N=C4\SC[C@@H]5CCCN45)cc3)nc12. The molecule has 28 heavy (non-hydrogen) atoms. The van der Waals surface area contributed by atoms with Crippen molar-refractivity contribution in [3.05, 3.63) is 53.6 Å². The molecule has 0 bridgehead atoms. The summed E-state index contributed by atoms with van der Waals surface area (Å²) in [7, 11) is 0. The van der Waals surface area contributed by atoms with Crippen LogP contribution in [-0.4, -0.2) is 39.9 Å². The average Bonchev–Trinajstić information content (AvgIpc) is 3.41. The van der Waals surface area contributed by atoms with E-state index in [1.807, 2.05) is 11.8 Å². The Bertz CT molecular complexity index is 1010. The van der Waals surface area contributed by atoms with Gasteiger partial charge >= 0.3 is 0 Å². The molecule has 0 saturated carbocycles. The zero-order chi connectivity index (χ0) is 18.9. The Balaban J connectivity index is 1.19. The Kier molecular flexibility index (Phi) is 4.99. The number of anilines is 1. The van der Waals surface area contributed by atoms with Crippen molar-refractivity contribution in [3.63, 3.8) is 0 Å². The molecule has 0 spiro atoms. The first kappa shape index (κ1) is 18.0. The molecule has 0 amide bonds. The van der Waals surface area contributed by atoms with Crippen LogP contribution in [0, 0.1) is 6.92 Å². The topological polar surface area (TPSA) is 40.5 Å². The van der Waals surface area contributed by atoms with E-state index >= 15 is 0 Å². The third-order valence-corrected chi connectivity index (χ3v) is 7.61. The van der Waals surface area contributed by atoms with Gasteiger partial charge in [-0.3, -0.25) is 0 Å². The fraction of sp³-hybridized carbons (Fsp3) is 0.364. The first-order chi connectivity index (χ1) is 13.8. The largest absolute Gasteiger partial charge is 0.361 e. The van der Waals surface area contributed by atoms with Gasteiger partial charge in [-0.1, -0.05) is 47.4 Å². The van der Waals surface area contributed by atoms with Crippen LogP contribution in [0.25, 0.3) is 10.2 Å². The zero-order valence-electron chi connectivity index (χ0n) is 16.0.